The molecule has 26 heavy (non-hydrogen) atoms. The van der Waals surface area contributed by atoms with Crippen LogP contribution in [0.15, 0.2) is 24.3 Å². The number of carbonyl (C=O) groups is 3. The molecule has 0 spiro atoms. The van der Waals surface area contributed by atoms with E-state index in [4.69, 9.17) is 21.1 Å². The first-order valence-corrected chi connectivity index (χ1v) is 8.44. The predicted molar refractivity (Wildman–Crippen MR) is 96.9 cm³/mol. The second-order valence-electron chi connectivity index (χ2n) is 6.09. The van der Waals surface area contributed by atoms with Gasteiger partial charge in [0.2, 0.25) is 0 Å². The third-order valence-corrected chi connectivity index (χ3v) is 3.94. The van der Waals surface area contributed by atoms with Crippen LogP contribution < -0.4 is 0 Å². The van der Waals surface area contributed by atoms with Gasteiger partial charge < -0.3 is 14.5 Å². The number of aromatic amines is 1. The summed E-state index contributed by atoms with van der Waals surface area (Å²) in [6.45, 7) is 6.36. The third kappa shape index (κ3) is 4.52. The van der Waals surface area contributed by atoms with Crippen molar-refractivity contribution in [2.75, 3.05) is 6.61 Å². The molecular weight excluding hydrogens is 358 g/mol. The normalized spacial score (nSPS) is 10.7. The molecule has 6 nitrogen and oxygen atoms in total. The summed E-state index contributed by atoms with van der Waals surface area (Å²) in [5.41, 5.74) is 1.75. The van der Waals surface area contributed by atoms with Crippen molar-refractivity contribution in [3.8, 4) is 0 Å². The fourth-order valence-electron chi connectivity index (χ4n) is 2.46. The Bertz CT molecular complexity index is 836. The van der Waals surface area contributed by atoms with Gasteiger partial charge in [0.05, 0.1) is 11.7 Å². The molecule has 7 heteroatoms. The van der Waals surface area contributed by atoms with Crippen molar-refractivity contribution in [1.82, 2.24) is 4.98 Å². The second-order valence-corrected chi connectivity index (χ2v) is 6.52. The average Bonchev–Trinajstić information content (AvgIpc) is 2.87. The van der Waals surface area contributed by atoms with Gasteiger partial charge in [0, 0.05) is 16.3 Å². The molecule has 0 aliphatic heterocycles. The van der Waals surface area contributed by atoms with Crippen molar-refractivity contribution in [2.24, 2.45) is 0 Å². The summed E-state index contributed by atoms with van der Waals surface area (Å²) in [5.74, 6) is -1.57. The van der Waals surface area contributed by atoms with Crippen molar-refractivity contribution in [3.05, 3.63) is 57.4 Å². The first kappa shape index (κ1) is 19.7. The fraction of sp³-hybridized carbons (Fsp3) is 0.316. The lowest BCUT2D eigenvalue weighted by Crippen LogP contribution is -2.16. The lowest BCUT2D eigenvalue weighted by molar-refractivity contribution is 0.0376. The van der Waals surface area contributed by atoms with Crippen LogP contribution in [-0.4, -0.2) is 35.4 Å². The molecule has 1 aromatic heterocycles. The van der Waals surface area contributed by atoms with Crippen LogP contribution in [0.4, 0.5) is 0 Å². The van der Waals surface area contributed by atoms with Gasteiger partial charge in [-0.3, -0.25) is 4.79 Å². The largest absolute Gasteiger partial charge is 0.459 e. The van der Waals surface area contributed by atoms with E-state index < -0.39 is 18.5 Å². The van der Waals surface area contributed by atoms with E-state index in [1.807, 2.05) is 0 Å². The molecule has 0 aliphatic rings. The van der Waals surface area contributed by atoms with Gasteiger partial charge in [0.25, 0.3) is 0 Å². The summed E-state index contributed by atoms with van der Waals surface area (Å²) in [7, 11) is 0. The summed E-state index contributed by atoms with van der Waals surface area (Å²) in [6.07, 6.45) is -0.274. The molecule has 0 bridgehead atoms. The maximum atomic E-state index is 12.3. The molecule has 2 rings (SSSR count). The summed E-state index contributed by atoms with van der Waals surface area (Å²) in [5, 5.41) is 0.511. The lowest BCUT2D eigenvalue weighted by Gasteiger charge is -2.08. The van der Waals surface area contributed by atoms with Crippen LogP contribution in [-0.2, 0) is 9.47 Å². The quantitative estimate of drug-likeness (QED) is 0.609. The van der Waals surface area contributed by atoms with E-state index in [1.165, 1.54) is 0 Å². The molecule has 2 aromatic rings. The van der Waals surface area contributed by atoms with Crippen molar-refractivity contribution in [2.45, 2.75) is 33.8 Å². The number of halogens is 1. The van der Waals surface area contributed by atoms with E-state index in [9.17, 15) is 14.4 Å². The van der Waals surface area contributed by atoms with Gasteiger partial charge >= 0.3 is 11.9 Å². The SMILES string of the molecule is Cc1[nH]c(C(=O)OCC(=O)c2ccc(Cl)cc2)c(C)c1C(=O)OC(C)C. The predicted octanol–water partition coefficient (Wildman–Crippen LogP) is 3.89. The van der Waals surface area contributed by atoms with Gasteiger partial charge in [-0.15, -0.1) is 0 Å². The van der Waals surface area contributed by atoms with Crippen LogP contribution in [0.5, 0.6) is 0 Å². The molecule has 0 aliphatic carbocycles. The molecule has 0 amide bonds. The second kappa shape index (κ2) is 8.19. The Hall–Kier alpha value is -2.60. The van der Waals surface area contributed by atoms with Gasteiger partial charge in [-0.1, -0.05) is 11.6 Å². The number of carbonyl (C=O) groups excluding carboxylic acids is 3. The molecule has 0 atom stereocenters. The number of ketones is 1. The minimum atomic E-state index is -0.712. The van der Waals surface area contributed by atoms with Crippen molar-refractivity contribution >= 4 is 29.3 Å². The van der Waals surface area contributed by atoms with E-state index in [0.29, 0.717) is 27.4 Å². The highest BCUT2D eigenvalue weighted by molar-refractivity contribution is 6.30. The van der Waals surface area contributed by atoms with Crippen molar-refractivity contribution in [3.63, 3.8) is 0 Å². The Morgan fingerprint density at radius 2 is 1.69 bits per heavy atom. The number of aromatic nitrogens is 1. The Labute approximate surface area is 156 Å². The fourth-order valence-corrected chi connectivity index (χ4v) is 2.58. The Morgan fingerprint density at radius 1 is 1.08 bits per heavy atom. The smallest absolute Gasteiger partial charge is 0.355 e. The van der Waals surface area contributed by atoms with Crippen LogP contribution in [0.3, 0.4) is 0 Å². The zero-order valence-corrected chi connectivity index (χ0v) is 15.8. The number of esters is 2. The van der Waals surface area contributed by atoms with Crippen LogP contribution in [0, 0.1) is 13.8 Å². The van der Waals surface area contributed by atoms with E-state index in [0.717, 1.165) is 0 Å². The van der Waals surface area contributed by atoms with Crippen LogP contribution in [0.1, 0.15) is 56.3 Å². The number of hydrogen-bond acceptors (Lipinski definition) is 5. The number of ether oxygens (including phenoxy) is 2. The van der Waals surface area contributed by atoms with E-state index in [-0.39, 0.29) is 17.6 Å². The van der Waals surface area contributed by atoms with Crippen LogP contribution in [0.25, 0.3) is 0 Å². The number of nitrogens with one attached hydrogen (secondary N) is 1. The van der Waals surface area contributed by atoms with Gasteiger partial charge in [-0.2, -0.15) is 0 Å². The zero-order valence-electron chi connectivity index (χ0n) is 15.0. The molecule has 0 unspecified atom stereocenters. The molecule has 1 N–H and O–H groups in total. The van der Waals surface area contributed by atoms with Gasteiger partial charge in [-0.05, 0) is 57.5 Å². The summed E-state index contributed by atoms with van der Waals surface area (Å²) in [6, 6.07) is 6.29. The number of aryl methyl sites for hydroxylation is 1. The van der Waals surface area contributed by atoms with E-state index >= 15 is 0 Å². The van der Waals surface area contributed by atoms with Crippen molar-refractivity contribution in [1.29, 1.82) is 0 Å². The number of hydrogen-bond donors (Lipinski definition) is 1. The maximum absolute atomic E-state index is 12.3. The highest BCUT2D eigenvalue weighted by atomic mass is 35.5. The Kier molecular flexibility index (Phi) is 6.21. The van der Waals surface area contributed by atoms with E-state index in [2.05, 4.69) is 4.98 Å². The minimum absolute atomic E-state index is 0.127. The Balaban J connectivity index is 2.09. The molecule has 138 valence electrons. The molecule has 1 heterocycles. The minimum Gasteiger partial charge on any atom is -0.459 e. The van der Waals surface area contributed by atoms with Crippen molar-refractivity contribution < 1.29 is 23.9 Å². The van der Waals surface area contributed by atoms with Gasteiger partial charge in [0.15, 0.2) is 12.4 Å². The Morgan fingerprint density at radius 3 is 2.27 bits per heavy atom. The average molecular weight is 378 g/mol. The first-order valence-electron chi connectivity index (χ1n) is 8.06. The summed E-state index contributed by atoms with van der Waals surface area (Å²) >= 11 is 5.78. The number of Topliss-reactive ketones (excluding diaryl/α,β-unsaturated/α-hetero) is 1. The third-order valence-electron chi connectivity index (χ3n) is 3.69. The molecule has 1 aromatic carbocycles. The summed E-state index contributed by atoms with van der Waals surface area (Å²) < 4.78 is 10.3. The first-order chi connectivity index (χ1) is 12.2. The van der Waals surface area contributed by atoms with Gasteiger partial charge in [-0.25, -0.2) is 9.59 Å². The summed E-state index contributed by atoms with van der Waals surface area (Å²) in [4.78, 5) is 39.3. The molecule has 0 radical (unpaired) electrons. The molecule has 0 fully saturated rings. The standard InChI is InChI=1S/C19H20ClNO5/c1-10(2)26-18(23)16-11(3)17(21-12(16)4)19(24)25-9-15(22)13-5-7-14(20)8-6-13/h5-8,10,21H,9H2,1-4H3. The number of H-pyrrole nitrogens is 1. The van der Waals surface area contributed by atoms with Gasteiger partial charge in [0.1, 0.15) is 5.69 Å². The topological polar surface area (TPSA) is 85.5 Å². The number of rotatable bonds is 6. The zero-order chi connectivity index (χ0) is 19.4. The van der Waals surface area contributed by atoms with Crippen LogP contribution in [0.2, 0.25) is 5.02 Å². The number of benzene rings is 1. The highest BCUT2D eigenvalue weighted by Gasteiger charge is 2.25. The monoisotopic (exact) mass is 377 g/mol. The van der Waals surface area contributed by atoms with Crippen LogP contribution >= 0.6 is 11.6 Å². The highest BCUT2D eigenvalue weighted by Crippen LogP contribution is 2.20. The maximum Gasteiger partial charge on any atom is 0.355 e. The lowest BCUT2D eigenvalue weighted by atomic mass is 10.1. The molecular formula is C19H20ClNO5. The molecule has 0 saturated heterocycles. The van der Waals surface area contributed by atoms with E-state index in [1.54, 1.807) is 52.0 Å². The molecule has 0 saturated carbocycles.